The standard InChI is InChI=1S/C24H34N4O3/c1-13-11-28(12-14(2)31-13)23-25-10-19(21(27-23)16-3-4-16)22(29)26-20-17-5-15-6-18(20)9-24(30,7-15)8-17/h10,13-18,20,30H,3-9,11-12H2,1-2H3,(H,26,29)/t13-,14-,15?,17?,18?,20?,24?/m1/s1. The third-order valence-corrected chi connectivity index (χ3v) is 8.26. The average Bonchev–Trinajstić information content (AvgIpc) is 3.53. The predicted octanol–water partition coefficient (Wildman–Crippen LogP) is 2.64. The van der Waals surface area contributed by atoms with E-state index in [9.17, 15) is 9.90 Å². The van der Waals surface area contributed by atoms with Gasteiger partial charge in [-0.15, -0.1) is 0 Å². The fraction of sp³-hybridized carbons (Fsp3) is 0.792. The molecule has 0 radical (unpaired) electrons. The summed E-state index contributed by atoms with van der Waals surface area (Å²) in [5.41, 5.74) is 1.08. The topological polar surface area (TPSA) is 87.6 Å². The third kappa shape index (κ3) is 3.63. The normalized spacial score (nSPS) is 41.5. The Bertz CT molecular complexity index is 862. The van der Waals surface area contributed by atoms with Crippen LogP contribution in [0.15, 0.2) is 6.20 Å². The largest absolute Gasteiger partial charge is 0.390 e. The van der Waals surface area contributed by atoms with Crippen LogP contribution >= 0.6 is 0 Å². The molecule has 1 amide bonds. The molecule has 0 spiro atoms. The first-order valence-electron chi connectivity index (χ1n) is 12.2. The molecule has 31 heavy (non-hydrogen) atoms. The Morgan fingerprint density at radius 3 is 2.45 bits per heavy atom. The van der Waals surface area contributed by atoms with Crippen molar-refractivity contribution in [2.45, 2.75) is 88.6 Å². The van der Waals surface area contributed by atoms with Crippen molar-refractivity contribution in [3.63, 3.8) is 0 Å². The highest BCUT2D eigenvalue weighted by Gasteiger charge is 2.55. The van der Waals surface area contributed by atoms with Gasteiger partial charge in [-0.05, 0) is 76.5 Å². The van der Waals surface area contributed by atoms with Gasteiger partial charge in [-0.3, -0.25) is 4.79 Å². The smallest absolute Gasteiger partial charge is 0.254 e. The summed E-state index contributed by atoms with van der Waals surface area (Å²) in [5, 5.41) is 14.2. The first kappa shape index (κ1) is 19.9. The lowest BCUT2D eigenvalue weighted by molar-refractivity contribution is -0.136. The minimum Gasteiger partial charge on any atom is -0.390 e. The van der Waals surface area contributed by atoms with Gasteiger partial charge in [0.15, 0.2) is 0 Å². The Hall–Kier alpha value is -1.73. The van der Waals surface area contributed by atoms with Crippen LogP contribution < -0.4 is 10.2 Å². The van der Waals surface area contributed by atoms with Gasteiger partial charge in [0.25, 0.3) is 5.91 Å². The van der Waals surface area contributed by atoms with Crippen molar-refractivity contribution in [3.05, 3.63) is 17.5 Å². The van der Waals surface area contributed by atoms with Crippen LogP contribution in [0.1, 0.15) is 80.8 Å². The molecule has 2 heterocycles. The average molecular weight is 427 g/mol. The van der Waals surface area contributed by atoms with Crippen LogP contribution in [-0.4, -0.2) is 57.9 Å². The molecular weight excluding hydrogens is 392 g/mol. The lowest BCUT2D eigenvalue weighted by Crippen LogP contribution is -2.61. The Morgan fingerprint density at radius 2 is 1.84 bits per heavy atom. The number of hydrogen-bond acceptors (Lipinski definition) is 6. The summed E-state index contributed by atoms with van der Waals surface area (Å²) in [5.74, 6) is 2.51. The number of nitrogens with one attached hydrogen (secondary N) is 1. The van der Waals surface area contributed by atoms with Crippen LogP contribution in [0, 0.1) is 17.8 Å². The van der Waals surface area contributed by atoms with Gasteiger partial charge in [0.2, 0.25) is 5.95 Å². The first-order valence-corrected chi connectivity index (χ1v) is 12.2. The minimum absolute atomic E-state index is 0.0263. The van der Waals surface area contributed by atoms with E-state index in [2.05, 4.69) is 29.0 Å². The van der Waals surface area contributed by atoms with Crippen LogP contribution in [0.4, 0.5) is 5.95 Å². The number of nitrogens with zero attached hydrogens (tertiary/aromatic N) is 3. The second kappa shape index (κ2) is 7.14. The van der Waals surface area contributed by atoms with Crippen molar-refractivity contribution in [2.24, 2.45) is 17.8 Å². The number of amides is 1. The Kier molecular flexibility index (Phi) is 4.59. The van der Waals surface area contributed by atoms with Gasteiger partial charge in [0.05, 0.1) is 29.1 Å². The number of rotatable bonds is 4. The molecule has 1 saturated heterocycles. The predicted molar refractivity (Wildman–Crippen MR) is 116 cm³/mol. The first-order chi connectivity index (χ1) is 14.9. The molecule has 4 atom stereocenters. The van der Waals surface area contributed by atoms with Crippen LogP contribution in [-0.2, 0) is 4.74 Å². The van der Waals surface area contributed by atoms with Gasteiger partial charge in [-0.1, -0.05) is 0 Å². The Balaban J connectivity index is 1.22. The molecule has 6 fully saturated rings. The van der Waals surface area contributed by atoms with E-state index >= 15 is 0 Å². The lowest BCUT2D eigenvalue weighted by Gasteiger charge is -2.58. The number of ether oxygens (including phenoxy) is 1. The van der Waals surface area contributed by atoms with Crippen LogP contribution in [0.3, 0.4) is 0 Å². The summed E-state index contributed by atoms with van der Waals surface area (Å²) in [6.07, 6.45) is 9.14. The number of anilines is 1. The van der Waals surface area contributed by atoms with E-state index in [4.69, 9.17) is 9.72 Å². The van der Waals surface area contributed by atoms with E-state index in [0.717, 1.165) is 69.7 Å². The van der Waals surface area contributed by atoms with Crippen molar-refractivity contribution >= 4 is 11.9 Å². The van der Waals surface area contributed by atoms with Crippen molar-refractivity contribution in [2.75, 3.05) is 18.0 Å². The van der Waals surface area contributed by atoms with Crippen LogP contribution in [0.25, 0.3) is 0 Å². The van der Waals surface area contributed by atoms with Gasteiger partial charge < -0.3 is 20.1 Å². The zero-order valence-corrected chi connectivity index (χ0v) is 18.6. The second-order valence-corrected chi connectivity index (χ2v) is 11.1. The van der Waals surface area contributed by atoms with E-state index in [0.29, 0.717) is 29.2 Å². The molecule has 7 nitrogen and oxygen atoms in total. The summed E-state index contributed by atoms with van der Waals surface area (Å²) in [6.45, 7) is 5.70. The van der Waals surface area contributed by atoms with Crippen molar-refractivity contribution < 1.29 is 14.6 Å². The second-order valence-electron chi connectivity index (χ2n) is 11.1. The van der Waals surface area contributed by atoms with E-state index in [1.165, 1.54) is 0 Å². The van der Waals surface area contributed by atoms with E-state index in [-0.39, 0.29) is 24.2 Å². The highest BCUT2D eigenvalue weighted by atomic mass is 16.5. The molecule has 1 aliphatic heterocycles. The molecule has 168 valence electrons. The van der Waals surface area contributed by atoms with Gasteiger partial charge in [-0.2, -0.15) is 0 Å². The number of aromatic nitrogens is 2. The van der Waals surface area contributed by atoms with E-state index < -0.39 is 5.60 Å². The summed E-state index contributed by atoms with van der Waals surface area (Å²) in [6, 6.07) is 0.178. The minimum atomic E-state index is -0.478. The lowest BCUT2D eigenvalue weighted by atomic mass is 9.52. The van der Waals surface area contributed by atoms with E-state index in [1.54, 1.807) is 6.20 Å². The van der Waals surface area contributed by atoms with Crippen molar-refractivity contribution in [3.8, 4) is 0 Å². The van der Waals surface area contributed by atoms with Gasteiger partial charge in [-0.25, -0.2) is 9.97 Å². The van der Waals surface area contributed by atoms with Crippen LogP contribution in [0.2, 0.25) is 0 Å². The number of aliphatic hydroxyl groups is 1. The monoisotopic (exact) mass is 426 g/mol. The highest BCUT2D eigenvalue weighted by Crippen LogP contribution is 2.55. The molecule has 2 N–H and O–H groups in total. The number of carbonyl (C=O) groups excluding carboxylic acids is 1. The van der Waals surface area contributed by atoms with Gasteiger partial charge in [0.1, 0.15) is 0 Å². The fourth-order valence-corrected chi connectivity index (χ4v) is 7.17. The maximum Gasteiger partial charge on any atom is 0.254 e. The van der Waals surface area contributed by atoms with Crippen molar-refractivity contribution in [1.29, 1.82) is 0 Å². The quantitative estimate of drug-likeness (QED) is 0.770. The van der Waals surface area contributed by atoms with Crippen LogP contribution in [0.5, 0.6) is 0 Å². The zero-order chi connectivity index (χ0) is 21.3. The zero-order valence-electron chi connectivity index (χ0n) is 18.6. The molecule has 5 saturated carbocycles. The molecule has 7 rings (SSSR count). The summed E-state index contributed by atoms with van der Waals surface area (Å²) in [7, 11) is 0. The number of hydrogen-bond donors (Lipinski definition) is 2. The van der Waals surface area contributed by atoms with Gasteiger partial charge >= 0.3 is 0 Å². The fourth-order valence-electron chi connectivity index (χ4n) is 7.17. The third-order valence-electron chi connectivity index (χ3n) is 8.26. The molecule has 5 aliphatic carbocycles. The number of carbonyl (C=O) groups is 1. The summed E-state index contributed by atoms with van der Waals surface area (Å²) >= 11 is 0. The Morgan fingerprint density at radius 1 is 1.16 bits per heavy atom. The maximum absolute atomic E-state index is 13.4. The molecule has 7 heteroatoms. The number of morpholine rings is 1. The highest BCUT2D eigenvalue weighted by molar-refractivity contribution is 5.95. The Labute approximate surface area is 184 Å². The molecular formula is C24H34N4O3. The molecule has 1 aromatic heterocycles. The van der Waals surface area contributed by atoms with Gasteiger partial charge in [0, 0.05) is 31.2 Å². The molecule has 0 aromatic carbocycles. The van der Waals surface area contributed by atoms with Crippen molar-refractivity contribution in [1.82, 2.24) is 15.3 Å². The SMILES string of the molecule is C[C@@H]1CN(c2ncc(C(=O)NC3C4CC5CC3CC(O)(C5)C4)c(C3CC3)n2)C[C@@H](C)O1. The molecule has 2 unspecified atom stereocenters. The molecule has 6 aliphatic rings. The molecule has 1 aromatic rings. The maximum atomic E-state index is 13.4. The molecule has 4 bridgehead atoms. The summed E-state index contributed by atoms with van der Waals surface area (Å²) in [4.78, 5) is 25.1. The van der Waals surface area contributed by atoms with E-state index in [1.807, 2.05) is 0 Å². The summed E-state index contributed by atoms with van der Waals surface area (Å²) < 4.78 is 5.85.